The summed E-state index contributed by atoms with van der Waals surface area (Å²) in [6.45, 7) is 0. The van der Waals surface area contributed by atoms with Crippen LogP contribution in [-0.4, -0.2) is 22.5 Å². The molecule has 5 heavy (non-hydrogen) atoms. The molecule has 0 aliphatic heterocycles. The van der Waals surface area contributed by atoms with Crippen molar-refractivity contribution in [2.75, 3.05) is 0 Å². The van der Waals surface area contributed by atoms with Crippen LogP contribution >= 0.6 is 0 Å². The number of rotatable bonds is 1. The predicted octanol–water partition coefficient (Wildman–Crippen LogP) is -0.757. The Morgan fingerprint density at radius 2 is 2.40 bits per heavy atom. The van der Waals surface area contributed by atoms with Gasteiger partial charge in [-0.25, -0.2) is 0 Å². The van der Waals surface area contributed by atoms with E-state index in [1.807, 2.05) is 6.08 Å². The Morgan fingerprint density at radius 1 is 1.80 bits per heavy atom. The van der Waals surface area contributed by atoms with E-state index in [0.717, 1.165) is 22.5 Å². The first-order valence-corrected chi connectivity index (χ1v) is 5.82. The molecular formula is C3H9NSn. The second-order valence-electron chi connectivity index (χ2n) is 0.836. The molecule has 0 fully saturated rings. The van der Waals surface area contributed by atoms with E-state index in [4.69, 9.17) is 5.73 Å². The van der Waals surface area contributed by atoms with Crippen molar-refractivity contribution in [2.24, 2.45) is 5.73 Å². The van der Waals surface area contributed by atoms with E-state index in [9.17, 15) is 0 Å². The van der Waals surface area contributed by atoms with Crippen LogP contribution in [0.5, 0.6) is 0 Å². The maximum atomic E-state index is 4.99. The first-order valence-electron chi connectivity index (χ1n) is 1.78. The Labute approximate surface area is 45.3 Å². The van der Waals surface area contributed by atoms with Crippen molar-refractivity contribution in [2.45, 2.75) is 4.44 Å². The number of hydrogen-bond donors (Lipinski definition) is 1. The molecule has 2 heteroatoms. The average molecular weight is 178 g/mol. The summed E-state index contributed by atoms with van der Waals surface area (Å²) in [5.41, 5.74) is 4.99. The van der Waals surface area contributed by atoms with Crippen LogP contribution in [-0.2, 0) is 0 Å². The van der Waals surface area contributed by atoms with E-state index in [0.29, 0.717) is 0 Å². The van der Waals surface area contributed by atoms with Gasteiger partial charge in [0.1, 0.15) is 0 Å². The molecule has 0 rings (SSSR count). The van der Waals surface area contributed by atoms with Crippen LogP contribution in [0.1, 0.15) is 0 Å². The summed E-state index contributed by atoms with van der Waals surface area (Å²) in [6, 6.07) is 0. The second-order valence-corrected chi connectivity index (χ2v) is 3.17. The number of hydrogen-bond acceptors (Lipinski definition) is 1. The van der Waals surface area contributed by atoms with Gasteiger partial charge in [0.2, 0.25) is 0 Å². The monoisotopic (exact) mass is 179 g/mol. The normalized spacial score (nSPS) is 10.4. The van der Waals surface area contributed by atoms with Crippen LogP contribution in [0.15, 0.2) is 12.3 Å². The molecule has 1 nitrogen and oxygen atoms in total. The van der Waals surface area contributed by atoms with Crippen molar-refractivity contribution in [1.29, 1.82) is 0 Å². The quantitative estimate of drug-likeness (QED) is 0.524. The van der Waals surface area contributed by atoms with Gasteiger partial charge >= 0.3 is 45.0 Å². The summed E-state index contributed by atoms with van der Waals surface area (Å²) in [5, 5.41) is 0. The molecule has 2 N–H and O–H groups in total. The Balaban J connectivity index is 2.62. The molecule has 0 bridgehead atoms. The molecule has 0 aromatic rings. The van der Waals surface area contributed by atoms with Crippen molar-refractivity contribution in [3.63, 3.8) is 0 Å². The second kappa shape index (κ2) is 4.34. The Morgan fingerprint density at radius 3 is 2.40 bits per heavy atom. The maximum absolute atomic E-state index is 4.99. The van der Waals surface area contributed by atoms with Crippen LogP contribution in [0.4, 0.5) is 0 Å². The molecule has 30 valence electrons. The van der Waals surface area contributed by atoms with Gasteiger partial charge in [-0.05, 0) is 0 Å². The number of allylic oxidation sites excluding steroid dienone is 1. The van der Waals surface area contributed by atoms with E-state index in [1.165, 1.54) is 4.44 Å². The summed E-state index contributed by atoms with van der Waals surface area (Å²) >= 11 is 0.816. The van der Waals surface area contributed by atoms with E-state index < -0.39 is 0 Å². The van der Waals surface area contributed by atoms with Crippen molar-refractivity contribution in [3.8, 4) is 0 Å². The van der Waals surface area contributed by atoms with Gasteiger partial charge in [0.25, 0.3) is 0 Å². The summed E-state index contributed by atoms with van der Waals surface area (Å²) in [4.78, 5) is 0. The van der Waals surface area contributed by atoms with Gasteiger partial charge in [-0.15, -0.1) is 0 Å². The fraction of sp³-hybridized carbons (Fsp3) is 0.333. The third-order valence-corrected chi connectivity index (χ3v) is 1.72. The fourth-order valence-electron chi connectivity index (χ4n) is 0.136. The topological polar surface area (TPSA) is 26.0 Å². The SMILES string of the molecule is NC=C[CH2][SnH3]. The molecule has 0 aromatic heterocycles. The molecule has 0 atom stereocenters. The van der Waals surface area contributed by atoms with Gasteiger partial charge in [0.15, 0.2) is 0 Å². The minimum atomic E-state index is 0.816. The Hall–Kier alpha value is 0.339. The Bertz CT molecular complexity index is 33.9. The zero-order valence-electron chi connectivity index (χ0n) is 3.44. The van der Waals surface area contributed by atoms with Crippen molar-refractivity contribution in [1.82, 2.24) is 0 Å². The zero-order chi connectivity index (χ0) is 4.12. The molecule has 0 heterocycles. The van der Waals surface area contributed by atoms with Crippen LogP contribution < -0.4 is 5.73 Å². The van der Waals surface area contributed by atoms with Gasteiger partial charge in [-0.3, -0.25) is 0 Å². The van der Waals surface area contributed by atoms with Crippen LogP contribution in [0.3, 0.4) is 0 Å². The van der Waals surface area contributed by atoms with Gasteiger partial charge in [-0.1, -0.05) is 0 Å². The fourth-order valence-corrected chi connectivity index (χ4v) is 0.913. The van der Waals surface area contributed by atoms with Crippen molar-refractivity contribution in [3.05, 3.63) is 12.3 Å². The summed E-state index contributed by atoms with van der Waals surface area (Å²) in [5.74, 6) is 0. The third-order valence-electron chi connectivity index (χ3n) is 0.372. The first kappa shape index (κ1) is 5.34. The molecule has 0 saturated carbocycles. The van der Waals surface area contributed by atoms with Gasteiger partial charge in [-0.2, -0.15) is 0 Å². The zero-order valence-corrected chi connectivity index (χ0v) is 9.15. The molecule has 0 saturated heterocycles. The molecular weight excluding hydrogens is 169 g/mol. The predicted molar refractivity (Wildman–Crippen MR) is 28.1 cm³/mol. The molecule has 0 radical (unpaired) electrons. The molecule has 0 amide bonds. The standard InChI is InChI=1S/C3H6N.Sn.3H/c1-2-3-4;;;;/h2-3H,1,4H2;;;;. The summed E-state index contributed by atoms with van der Waals surface area (Å²) in [7, 11) is 0. The van der Waals surface area contributed by atoms with Crippen LogP contribution in [0, 0.1) is 0 Å². The summed E-state index contributed by atoms with van der Waals surface area (Å²) < 4.78 is 1.25. The van der Waals surface area contributed by atoms with Gasteiger partial charge < -0.3 is 0 Å². The van der Waals surface area contributed by atoms with Crippen LogP contribution in [0.25, 0.3) is 0 Å². The van der Waals surface area contributed by atoms with E-state index in [2.05, 4.69) is 0 Å². The molecule has 0 unspecified atom stereocenters. The summed E-state index contributed by atoms with van der Waals surface area (Å²) in [6.07, 6.45) is 3.60. The van der Waals surface area contributed by atoms with E-state index in [1.54, 1.807) is 6.20 Å². The van der Waals surface area contributed by atoms with Crippen molar-refractivity contribution < 1.29 is 0 Å². The molecule has 0 spiro atoms. The first-order chi connectivity index (χ1) is 2.41. The molecule has 0 aliphatic carbocycles. The van der Waals surface area contributed by atoms with E-state index >= 15 is 0 Å². The van der Waals surface area contributed by atoms with Crippen LogP contribution in [0.2, 0.25) is 4.44 Å². The minimum absolute atomic E-state index is 0.816. The van der Waals surface area contributed by atoms with Gasteiger partial charge in [0, 0.05) is 0 Å². The number of nitrogens with two attached hydrogens (primary N) is 1. The van der Waals surface area contributed by atoms with Crippen molar-refractivity contribution >= 4 is 22.5 Å². The molecule has 0 aliphatic rings. The van der Waals surface area contributed by atoms with E-state index in [-0.39, 0.29) is 0 Å². The molecule has 0 aromatic carbocycles. The van der Waals surface area contributed by atoms with Gasteiger partial charge in [0.05, 0.1) is 0 Å². The Kier molecular flexibility index (Phi) is 4.63. The third kappa shape index (κ3) is 4.34. The average Bonchev–Trinajstić information content (AvgIpc) is 1.41.